The van der Waals surface area contributed by atoms with Crippen LogP contribution in [0.1, 0.15) is 36.5 Å². The van der Waals surface area contributed by atoms with Gasteiger partial charge in [0.15, 0.2) is 6.61 Å². The van der Waals surface area contributed by atoms with E-state index in [1.807, 2.05) is 49.4 Å². The Morgan fingerprint density at radius 1 is 1.25 bits per heavy atom. The summed E-state index contributed by atoms with van der Waals surface area (Å²) in [6.07, 6.45) is 1.57. The van der Waals surface area contributed by atoms with Crippen molar-refractivity contribution in [1.82, 2.24) is 0 Å². The van der Waals surface area contributed by atoms with E-state index in [4.69, 9.17) is 4.84 Å². The number of halogens is 1. The zero-order valence-electron chi connectivity index (χ0n) is 14.0. The molecule has 2 aromatic rings. The van der Waals surface area contributed by atoms with Gasteiger partial charge in [0.05, 0.1) is 6.21 Å². The van der Waals surface area contributed by atoms with Gasteiger partial charge in [-0.2, -0.15) is 0 Å². The average molecular weight is 389 g/mol. The largest absolute Gasteiger partial charge is 0.386 e. The molecule has 1 amide bonds. The molecule has 5 heteroatoms. The Balaban J connectivity index is 1.94. The summed E-state index contributed by atoms with van der Waals surface area (Å²) in [4.78, 5) is 17.2. The number of hydrogen-bond acceptors (Lipinski definition) is 3. The number of hydrogen-bond donors (Lipinski definition) is 1. The number of nitrogens with one attached hydrogen (secondary N) is 1. The van der Waals surface area contributed by atoms with Crippen LogP contribution in [0.3, 0.4) is 0 Å². The molecule has 0 radical (unpaired) electrons. The van der Waals surface area contributed by atoms with Gasteiger partial charge >= 0.3 is 0 Å². The van der Waals surface area contributed by atoms with Gasteiger partial charge in [0, 0.05) is 15.7 Å². The number of aryl methyl sites for hydroxylation is 1. The number of rotatable bonds is 6. The second kappa shape index (κ2) is 8.64. The number of anilines is 1. The van der Waals surface area contributed by atoms with Crippen molar-refractivity contribution in [2.45, 2.75) is 26.7 Å². The van der Waals surface area contributed by atoms with Crippen LogP contribution in [0.15, 0.2) is 52.1 Å². The molecule has 0 fully saturated rings. The maximum Gasteiger partial charge on any atom is 0.265 e. The molecular weight excluding hydrogens is 368 g/mol. The highest BCUT2D eigenvalue weighted by atomic mass is 79.9. The monoisotopic (exact) mass is 388 g/mol. The van der Waals surface area contributed by atoms with Gasteiger partial charge in [0.1, 0.15) is 0 Å². The van der Waals surface area contributed by atoms with Gasteiger partial charge < -0.3 is 10.2 Å². The predicted octanol–water partition coefficient (Wildman–Crippen LogP) is 4.87. The summed E-state index contributed by atoms with van der Waals surface area (Å²) < 4.78 is 0.920. The van der Waals surface area contributed by atoms with Gasteiger partial charge in [-0.1, -0.05) is 71.3 Å². The summed E-state index contributed by atoms with van der Waals surface area (Å²) in [7, 11) is 0. The minimum Gasteiger partial charge on any atom is -0.386 e. The van der Waals surface area contributed by atoms with Gasteiger partial charge in [0.25, 0.3) is 5.91 Å². The highest BCUT2D eigenvalue weighted by Crippen LogP contribution is 2.27. The summed E-state index contributed by atoms with van der Waals surface area (Å²) in [5.41, 5.74) is 3.89. The molecular formula is C19H21BrN2O2. The molecule has 0 aromatic heterocycles. The summed E-state index contributed by atoms with van der Waals surface area (Å²) in [6.45, 7) is 6.05. The van der Waals surface area contributed by atoms with E-state index >= 15 is 0 Å². The van der Waals surface area contributed by atoms with Crippen LogP contribution >= 0.6 is 15.9 Å². The number of oxime groups is 1. The van der Waals surface area contributed by atoms with Crippen molar-refractivity contribution >= 4 is 33.7 Å². The third-order valence-corrected chi connectivity index (χ3v) is 4.28. The lowest BCUT2D eigenvalue weighted by Crippen LogP contribution is -2.19. The van der Waals surface area contributed by atoms with Crippen molar-refractivity contribution in [2.24, 2.45) is 5.16 Å². The minimum absolute atomic E-state index is 0.132. The van der Waals surface area contributed by atoms with Gasteiger partial charge in [-0.15, -0.1) is 0 Å². The molecule has 0 saturated carbocycles. The SMILES string of the molecule is Cc1cccc(C(C)C)c1NC(=O)CO/N=C\c1ccccc1Br. The van der Waals surface area contributed by atoms with E-state index in [2.05, 4.69) is 40.2 Å². The van der Waals surface area contributed by atoms with Crippen LogP contribution < -0.4 is 5.32 Å². The van der Waals surface area contributed by atoms with Crippen LogP contribution in [0.25, 0.3) is 0 Å². The highest BCUT2D eigenvalue weighted by molar-refractivity contribution is 9.10. The molecule has 0 aliphatic carbocycles. The molecule has 0 spiro atoms. The summed E-state index contributed by atoms with van der Waals surface area (Å²) in [6, 6.07) is 13.7. The van der Waals surface area contributed by atoms with E-state index in [0.717, 1.165) is 26.9 Å². The molecule has 0 atom stereocenters. The fraction of sp³-hybridized carbons (Fsp3) is 0.263. The van der Waals surface area contributed by atoms with Crippen molar-refractivity contribution < 1.29 is 9.63 Å². The molecule has 0 aliphatic rings. The van der Waals surface area contributed by atoms with Crippen molar-refractivity contribution in [3.63, 3.8) is 0 Å². The first-order chi connectivity index (χ1) is 11.5. The van der Waals surface area contributed by atoms with Crippen molar-refractivity contribution in [3.8, 4) is 0 Å². The zero-order chi connectivity index (χ0) is 17.5. The molecule has 0 heterocycles. The number of amides is 1. The summed E-state index contributed by atoms with van der Waals surface area (Å²) in [5.74, 6) is 0.102. The number of para-hydroxylation sites is 1. The smallest absolute Gasteiger partial charge is 0.265 e. The topological polar surface area (TPSA) is 50.7 Å². The van der Waals surface area contributed by atoms with Gasteiger partial charge in [-0.25, -0.2) is 0 Å². The molecule has 2 aromatic carbocycles. The Morgan fingerprint density at radius 3 is 2.71 bits per heavy atom. The van der Waals surface area contributed by atoms with E-state index in [1.54, 1.807) is 6.21 Å². The quantitative estimate of drug-likeness (QED) is 0.566. The number of nitrogens with zero attached hydrogens (tertiary/aromatic N) is 1. The first-order valence-corrected chi connectivity index (χ1v) is 8.57. The van der Waals surface area contributed by atoms with Crippen molar-refractivity contribution in [3.05, 3.63) is 63.6 Å². The lowest BCUT2D eigenvalue weighted by Gasteiger charge is -2.16. The van der Waals surface area contributed by atoms with Gasteiger partial charge in [0.2, 0.25) is 0 Å². The summed E-state index contributed by atoms with van der Waals surface area (Å²) >= 11 is 3.42. The van der Waals surface area contributed by atoms with E-state index < -0.39 is 0 Å². The van der Waals surface area contributed by atoms with Crippen LogP contribution in [0.4, 0.5) is 5.69 Å². The highest BCUT2D eigenvalue weighted by Gasteiger charge is 2.12. The first kappa shape index (κ1) is 18.2. The Kier molecular flexibility index (Phi) is 6.55. The van der Waals surface area contributed by atoms with Crippen LogP contribution in [0.2, 0.25) is 0 Å². The van der Waals surface area contributed by atoms with Crippen LogP contribution in [-0.2, 0) is 9.63 Å². The van der Waals surface area contributed by atoms with Crippen LogP contribution in [0, 0.1) is 6.92 Å². The second-order valence-corrected chi connectivity index (χ2v) is 6.63. The molecule has 126 valence electrons. The maximum absolute atomic E-state index is 12.1. The Morgan fingerprint density at radius 2 is 2.00 bits per heavy atom. The third kappa shape index (κ3) is 4.93. The van der Waals surface area contributed by atoms with E-state index in [9.17, 15) is 4.79 Å². The van der Waals surface area contributed by atoms with Crippen molar-refractivity contribution in [2.75, 3.05) is 11.9 Å². The number of carbonyl (C=O) groups is 1. The number of benzene rings is 2. The average Bonchev–Trinajstić information content (AvgIpc) is 2.54. The fourth-order valence-corrected chi connectivity index (χ4v) is 2.67. The van der Waals surface area contributed by atoms with E-state index in [1.165, 1.54) is 0 Å². The minimum atomic E-state index is -0.226. The Hall–Kier alpha value is -2.14. The first-order valence-electron chi connectivity index (χ1n) is 7.78. The maximum atomic E-state index is 12.1. The van der Waals surface area contributed by atoms with Gasteiger partial charge in [-0.05, 0) is 30.0 Å². The van der Waals surface area contributed by atoms with Gasteiger partial charge in [-0.3, -0.25) is 4.79 Å². The third-order valence-electron chi connectivity index (χ3n) is 3.56. The Labute approximate surface area is 151 Å². The van der Waals surface area contributed by atoms with Crippen molar-refractivity contribution in [1.29, 1.82) is 0 Å². The molecule has 4 nitrogen and oxygen atoms in total. The lowest BCUT2D eigenvalue weighted by atomic mass is 9.98. The molecule has 1 N–H and O–H groups in total. The molecule has 24 heavy (non-hydrogen) atoms. The van der Waals surface area contributed by atoms with Crippen LogP contribution in [0.5, 0.6) is 0 Å². The summed E-state index contributed by atoms with van der Waals surface area (Å²) in [5, 5.41) is 6.77. The second-order valence-electron chi connectivity index (χ2n) is 5.77. The predicted molar refractivity (Wildman–Crippen MR) is 102 cm³/mol. The fourth-order valence-electron chi connectivity index (χ4n) is 2.29. The molecule has 0 unspecified atom stereocenters. The lowest BCUT2D eigenvalue weighted by molar-refractivity contribution is -0.120. The van der Waals surface area contributed by atoms with E-state index in [0.29, 0.717) is 5.92 Å². The Bertz CT molecular complexity index is 742. The normalized spacial score (nSPS) is 11.0. The molecule has 2 rings (SSSR count). The van der Waals surface area contributed by atoms with Crippen LogP contribution in [-0.4, -0.2) is 18.7 Å². The molecule has 0 bridgehead atoms. The standard InChI is InChI=1S/C19H21BrN2O2/c1-13(2)16-9-6-7-14(3)19(16)22-18(23)12-24-21-11-15-8-4-5-10-17(15)20/h4-11,13H,12H2,1-3H3,(H,22,23)/b21-11-. The molecule has 0 saturated heterocycles. The zero-order valence-corrected chi connectivity index (χ0v) is 15.6. The number of carbonyl (C=O) groups excluding carboxylic acids is 1. The molecule has 0 aliphatic heterocycles. The van der Waals surface area contributed by atoms with E-state index in [-0.39, 0.29) is 12.5 Å².